The lowest BCUT2D eigenvalue weighted by molar-refractivity contribution is -0.134. The van der Waals surface area contributed by atoms with Gasteiger partial charge in [0.25, 0.3) is 5.91 Å². The quantitative estimate of drug-likeness (QED) is 0.838. The molecule has 6 heteroatoms. The first-order chi connectivity index (χ1) is 10.1. The van der Waals surface area contributed by atoms with E-state index >= 15 is 0 Å². The Bertz CT molecular complexity index is 579. The van der Waals surface area contributed by atoms with Gasteiger partial charge >= 0.3 is 0 Å². The Morgan fingerprint density at radius 2 is 1.62 bits per heavy atom. The van der Waals surface area contributed by atoms with Gasteiger partial charge in [-0.25, -0.2) is 0 Å². The van der Waals surface area contributed by atoms with E-state index in [1.807, 2.05) is 4.90 Å². The fourth-order valence-electron chi connectivity index (χ4n) is 2.56. The van der Waals surface area contributed by atoms with Crippen molar-refractivity contribution in [3.8, 4) is 0 Å². The summed E-state index contributed by atoms with van der Waals surface area (Å²) in [6.45, 7) is 2.28. The smallest absolute Gasteiger partial charge is 0.255 e. The van der Waals surface area contributed by atoms with E-state index in [1.54, 1.807) is 23.1 Å². The van der Waals surface area contributed by atoms with Gasteiger partial charge in [0.05, 0.1) is 15.6 Å². The largest absolute Gasteiger partial charge is 0.339 e. The maximum atomic E-state index is 12.5. The summed E-state index contributed by atoms with van der Waals surface area (Å²) in [6.07, 6.45) is 2.02. The summed E-state index contributed by atoms with van der Waals surface area (Å²) < 4.78 is 0. The molecule has 112 valence electrons. The van der Waals surface area contributed by atoms with Gasteiger partial charge < -0.3 is 9.80 Å². The number of piperazine rings is 1. The predicted molar refractivity (Wildman–Crippen MR) is 81.7 cm³/mol. The first kappa shape index (κ1) is 14.7. The highest BCUT2D eigenvalue weighted by Crippen LogP contribution is 2.31. The third kappa shape index (κ3) is 3.01. The number of carbonyl (C=O) groups excluding carboxylic acids is 2. The molecule has 1 saturated heterocycles. The van der Waals surface area contributed by atoms with Crippen molar-refractivity contribution >= 4 is 35.0 Å². The van der Waals surface area contributed by atoms with Gasteiger partial charge in [-0.1, -0.05) is 29.3 Å². The van der Waals surface area contributed by atoms with E-state index in [4.69, 9.17) is 23.2 Å². The van der Waals surface area contributed by atoms with Gasteiger partial charge in [0, 0.05) is 32.1 Å². The van der Waals surface area contributed by atoms with Gasteiger partial charge in [-0.15, -0.1) is 0 Å². The molecule has 1 aromatic carbocycles. The standard InChI is InChI=1S/C15H16Cl2N2O2/c16-12-3-1-2-11(13(12)17)15(21)19-8-6-18(7-9-19)14(20)10-4-5-10/h1-3,10H,4-9H2. The van der Waals surface area contributed by atoms with Crippen molar-refractivity contribution in [1.29, 1.82) is 0 Å². The van der Waals surface area contributed by atoms with Gasteiger partial charge in [-0.3, -0.25) is 9.59 Å². The van der Waals surface area contributed by atoms with Crippen molar-refractivity contribution in [1.82, 2.24) is 9.80 Å². The summed E-state index contributed by atoms with van der Waals surface area (Å²) in [7, 11) is 0. The molecule has 0 atom stereocenters. The van der Waals surface area contributed by atoms with Crippen LogP contribution in [0.2, 0.25) is 10.0 Å². The van der Waals surface area contributed by atoms with Crippen LogP contribution in [-0.2, 0) is 4.79 Å². The number of nitrogens with zero attached hydrogens (tertiary/aromatic N) is 2. The predicted octanol–water partition coefficient (Wildman–Crippen LogP) is 2.69. The average Bonchev–Trinajstić information content (AvgIpc) is 3.33. The maximum absolute atomic E-state index is 12.5. The highest BCUT2D eigenvalue weighted by atomic mass is 35.5. The minimum absolute atomic E-state index is 0.124. The van der Waals surface area contributed by atoms with Crippen LogP contribution in [0, 0.1) is 5.92 Å². The topological polar surface area (TPSA) is 40.6 Å². The first-order valence-corrected chi connectivity index (χ1v) is 7.85. The Morgan fingerprint density at radius 3 is 2.24 bits per heavy atom. The van der Waals surface area contributed by atoms with Crippen molar-refractivity contribution in [2.75, 3.05) is 26.2 Å². The molecule has 0 bridgehead atoms. The molecule has 1 aliphatic carbocycles. The van der Waals surface area contributed by atoms with Gasteiger partial charge in [-0.2, -0.15) is 0 Å². The highest BCUT2D eigenvalue weighted by Gasteiger charge is 2.35. The molecule has 1 saturated carbocycles. The fourth-order valence-corrected chi connectivity index (χ4v) is 2.94. The van der Waals surface area contributed by atoms with Crippen LogP contribution < -0.4 is 0 Å². The number of amides is 2. The van der Waals surface area contributed by atoms with Crippen molar-refractivity contribution in [2.24, 2.45) is 5.92 Å². The molecule has 0 spiro atoms. The zero-order chi connectivity index (χ0) is 15.0. The lowest BCUT2D eigenvalue weighted by atomic mass is 10.1. The van der Waals surface area contributed by atoms with Crippen LogP contribution >= 0.6 is 23.2 Å². The van der Waals surface area contributed by atoms with Crippen LogP contribution in [0.3, 0.4) is 0 Å². The zero-order valence-electron chi connectivity index (χ0n) is 11.5. The van der Waals surface area contributed by atoms with Crippen LogP contribution in [0.5, 0.6) is 0 Å². The molecule has 0 aromatic heterocycles. The summed E-state index contributed by atoms with van der Waals surface area (Å²) in [5.74, 6) is 0.346. The maximum Gasteiger partial charge on any atom is 0.255 e. The van der Waals surface area contributed by atoms with Gasteiger partial charge in [-0.05, 0) is 25.0 Å². The Hall–Kier alpha value is -1.26. The molecule has 0 unspecified atom stereocenters. The van der Waals surface area contributed by atoms with E-state index in [1.165, 1.54) is 0 Å². The van der Waals surface area contributed by atoms with Crippen LogP contribution in [0.4, 0.5) is 0 Å². The van der Waals surface area contributed by atoms with Crippen molar-refractivity contribution in [2.45, 2.75) is 12.8 Å². The lowest BCUT2D eigenvalue weighted by Gasteiger charge is -2.35. The van der Waals surface area contributed by atoms with E-state index in [0.29, 0.717) is 41.8 Å². The SMILES string of the molecule is O=C(c1cccc(Cl)c1Cl)N1CCN(C(=O)C2CC2)CC1. The fraction of sp³-hybridized carbons (Fsp3) is 0.467. The Morgan fingerprint density at radius 1 is 1.00 bits per heavy atom. The second-order valence-electron chi connectivity index (χ2n) is 5.49. The third-order valence-corrected chi connectivity index (χ3v) is 4.81. The molecule has 0 radical (unpaired) electrons. The number of halogens is 2. The minimum atomic E-state index is -0.124. The van der Waals surface area contributed by atoms with Crippen LogP contribution in [-0.4, -0.2) is 47.8 Å². The lowest BCUT2D eigenvalue weighted by Crippen LogP contribution is -2.51. The Labute approximate surface area is 133 Å². The van der Waals surface area contributed by atoms with E-state index in [0.717, 1.165) is 12.8 Å². The van der Waals surface area contributed by atoms with E-state index in [2.05, 4.69) is 0 Å². The number of hydrogen-bond donors (Lipinski definition) is 0. The molecule has 1 aliphatic heterocycles. The number of carbonyl (C=O) groups is 2. The second-order valence-corrected chi connectivity index (χ2v) is 6.28. The van der Waals surface area contributed by atoms with E-state index < -0.39 is 0 Å². The molecule has 2 aliphatic rings. The van der Waals surface area contributed by atoms with Crippen LogP contribution in [0.25, 0.3) is 0 Å². The van der Waals surface area contributed by atoms with Crippen molar-refractivity contribution < 1.29 is 9.59 Å². The Kier molecular flexibility index (Phi) is 4.09. The normalized spacial score (nSPS) is 18.8. The first-order valence-electron chi connectivity index (χ1n) is 7.10. The van der Waals surface area contributed by atoms with Crippen molar-refractivity contribution in [3.05, 3.63) is 33.8 Å². The van der Waals surface area contributed by atoms with Gasteiger partial charge in [0.15, 0.2) is 0 Å². The molecular formula is C15H16Cl2N2O2. The molecular weight excluding hydrogens is 311 g/mol. The highest BCUT2D eigenvalue weighted by molar-refractivity contribution is 6.43. The molecule has 2 fully saturated rings. The summed E-state index contributed by atoms with van der Waals surface area (Å²) in [5.41, 5.74) is 0.422. The molecule has 21 heavy (non-hydrogen) atoms. The summed E-state index contributed by atoms with van der Waals surface area (Å²) >= 11 is 12.0. The summed E-state index contributed by atoms with van der Waals surface area (Å²) in [6, 6.07) is 5.06. The van der Waals surface area contributed by atoms with E-state index in [-0.39, 0.29) is 17.7 Å². The molecule has 1 heterocycles. The van der Waals surface area contributed by atoms with Crippen LogP contribution in [0.15, 0.2) is 18.2 Å². The number of benzene rings is 1. The second kappa shape index (κ2) is 5.85. The average molecular weight is 327 g/mol. The Balaban J connectivity index is 1.64. The molecule has 0 N–H and O–H groups in total. The molecule has 2 amide bonds. The number of hydrogen-bond acceptors (Lipinski definition) is 2. The zero-order valence-corrected chi connectivity index (χ0v) is 13.0. The van der Waals surface area contributed by atoms with Crippen LogP contribution in [0.1, 0.15) is 23.2 Å². The molecule has 1 aromatic rings. The summed E-state index contributed by atoms with van der Waals surface area (Å²) in [4.78, 5) is 28.1. The van der Waals surface area contributed by atoms with Crippen molar-refractivity contribution in [3.63, 3.8) is 0 Å². The summed E-state index contributed by atoms with van der Waals surface area (Å²) in [5, 5.41) is 0.672. The van der Waals surface area contributed by atoms with E-state index in [9.17, 15) is 9.59 Å². The number of rotatable bonds is 2. The molecule has 4 nitrogen and oxygen atoms in total. The monoisotopic (exact) mass is 326 g/mol. The van der Waals surface area contributed by atoms with Gasteiger partial charge in [0.1, 0.15) is 0 Å². The molecule has 3 rings (SSSR count). The van der Waals surface area contributed by atoms with Gasteiger partial charge in [0.2, 0.25) is 5.91 Å². The third-order valence-electron chi connectivity index (χ3n) is 3.99. The minimum Gasteiger partial charge on any atom is -0.339 e.